The molecule has 0 atom stereocenters. The second-order valence-electron chi connectivity index (χ2n) is 3.83. The first-order chi connectivity index (χ1) is 7.11. The third-order valence-corrected chi connectivity index (χ3v) is 2.37. The molecule has 0 unspecified atom stereocenters. The van der Waals surface area contributed by atoms with Gasteiger partial charge in [0.1, 0.15) is 0 Å². The smallest absolute Gasteiger partial charge is 0.226 e. The van der Waals surface area contributed by atoms with Gasteiger partial charge in [0, 0.05) is 19.4 Å². The number of aromatic nitrogens is 3. The second-order valence-corrected chi connectivity index (χ2v) is 3.83. The van der Waals surface area contributed by atoms with Crippen molar-refractivity contribution in [1.29, 1.82) is 0 Å². The van der Waals surface area contributed by atoms with Crippen molar-refractivity contribution in [2.75, 3.05) is 5.73 Å². The van der Waals surface area contributed by atoms with Crippen molar-refractivity contribution in [3.63, 3.8) is 0 Å². The molecule has 2 aromatic heterocycles. The summed E-state index contributed by atoms with van der Waals surface area (Å²) in [6.45, 7) is 4.10. The maximum atomic E-state index is 5.73. The molecule has 0 saturated heterocycles. The number of rotatable bonds is 2. The molecule has 0 radical (unpaired) electrons. The predicted molar refractivity (Wildman–Crippen MR) is 57.2 cm³/mol. The summed E-state index contributed by atoms with van der Waals surface area (Å²) in [5.41, 5.74) is 7.38. The van der Waals surface area contributed by atoms with Crippen LogP contribution in [-0.2, 0) is 7.05 Å². The largest absolute Gasteiger partial charge is 0.367 e. The number of imidazole rings is 1. The van der Waals surface area contributed by atoms with E-state index in [0.29, 0.717) is 5.88 Å². The van der Waals surface area contributed by atoms with E-state index in [9.17, 15) is 0 Å². The lowest BCUT2D eigenvalue weighted by Crippen LogP contribution is -1.98. The Morgan fingerprint density at radius 3 is 2.73 bits per heavy atom. The molecule has 0 fully saturated rings. The second kappa shape index (κ2) is 3.42. The molecule has 5 nitrogen and oxygen atoms in total. The minimum Gasteiger partial charge on any atom is -0.367 e. The molecule has 0 bridgehead atoms. The van der Waals surface area contributed by atoms with Crippen molar-refractivity contribution in [3.05, 3.63) is 18.0 Å². The maximum absolute atomic E-state index is 5.73. The highest BCUT2D eigenvalue weighted by Gasteiger charge is 2.20. The van der Waals surface area contributed by atoms with Crippen LogP contribution in [0, 0.1) is 0 Å². The highest BCUT2D eigenvalue weighted by Crippen LogP contribution is 2.31. The van der Waals surface area contributed by atoms with Crippen LogP contribution in [0.3, 0.4) is 0 Å². The van der Waals surface area contributed by atoms with E-state index >= 15 is 0 Å². The van der Waals surface area contributed by atoms with E-state index in [1.807, 2.05) is 17.8 Å². The maximum Gasteiger partial charge on any atom is 0.226 e. The zero-order valence-corrected chi connectivity index (χ0v) is 9.06. The summed E-state index contributed by atoms with van der Waals surface area (Å²) in [4.78, 5) is 4.23. The van der Waals surface area contributed by atoms with Gasteiger partial charge in [-0.15, -0.1) is 0 Å². The van der Waals surface area contributed by atoms with Crippen LogP contribution in [0.25, 0.3) is 11.5 Å². The summed E-state index contributed by atoms with van der Waals surface area (Å²) in [6, 6.07) is 0. The standard InChI is InChI=1S/C10H14N4O/c1-6(2)7-8(13-15-9(7)11)10-12-4-5-14(10)3/h4-6H,11H2,1-3H3. The van der Waals surface area contributed by atoms with E-state index in [1.165, 1.54) is 0 Å². The first-order valence-corrected chi connectivity index (χ1v) is 4.84. The van der Waals surface area contributed by atoms with E-state index in [2.05, 4.69) is 24.0 Å². The number of hydrogen-bond donors (Lipinski definition) is 1. The molecule has 0 aliphatic carbocycles. The van der Waals surface area contributed by atoms with Gasteiger partial charge in [0.05, 0.1) is 5.56 Å². The molecule has 0 aliphatic rings. The predicted octanol–water partition coefficient (Wildman–Crippen LogP) is 1.78. The van der Waals surface area contributed by atoms with Gasteiger partial charge in [0.15, 0.2) is 11.5 Å². The fourth-order valence-corrected chi connectivity index (χ4v) is 1.62. The zero-order valence-electron chi connectivity index (χ0n) is 9.06. The van der Waals surface area contributed by atoms with Crippen molar-refractivity contribution >= 4 is 5.88 Å². The highest BCUT2D eigenvalue weighted by atomic mass is 16.5. The van der Waals surface area contributed by atoms with Crippen molar-refractivity contribution in [1.82, 2.24) is 14.7 Å². The number of nitrogen functional groups attached to an aromatic ring is 1. The molecule has 2 rings (SSSR count). The lowest BCUT2D eigenvalue weighted by Gasteiger charge is -2.04. The SMILES string of the molecule is CC(C)c1c(-c2nccn2C)noc1N. The number of nitrogens with two attached hydrogens (primary N) is 1. The normalized spacial score (nSPS) is 11.2. The van der Waals surface area contributed by atoms with Gasteiger partial charge in [-0.05, 0) is 5.92 Å². The van der Waals surface area contributed by atoms with Crippen LogP contribution < -0.4 is 5.73 Å². The van der Waals surface area contributed by atoms with Crippen molar-refractivity contribution in [2.24, 2.45) is 7.05 Å². The van der Waals surface area contributed by atoms with Crippen molar-refractivity contribution < 1.29 is 4.52 Å². The van der Waals surface area contributed by atoms with E-state index in [0.717, 1.165) is 17.1 Å². The van der Waals surface area contributed by atoms with Gasteiger partial charge in [-0.25, -0.2) is 4.98 Å². The van der Waals surface area contributed by atoms with Crippen LogP contribution in [0.5, 0.6) is 0 Å². The number of hydrogen-bond acceptors (Lipinski definition) is 4. The van der Waals surface area contributed by atoms with E-state index in [1.54, 1.807) is 6.20 Å². The van der Waals surface area contributed by atoms with E-state index in [4.69, 9.17) is 10.3 Å². The lowest BCUT2D eigenvalue weighted by molar-refractivity contribution is 0.437. The summed E-state index contributed by atoms with van der Waals surface area (Å²) in [5.74, 6) is 1.42. The topological polar surface area (TPSA) is 69.9 Å². The summed E-state index contributed by atoms with van der Waals surface area (Å²) in [7, 11) is 1.91. The van der Waals surface area contributed by atoms with Crippen LogP contribution in [0.2, 0.25) is 0 Å². The van der Waals surface area contributed by atoms with Gasteiger partial charge in [-0.3, -0.25) is 0 Å². The number of aryl methyl sites for hydroxylation is 1. The first kappa shape index (κ1) is 9.76. The van der Waals surface area contributed by atoms with Crippen LogP contribution in [0.4, 0.5) is 5.88 Å². The van der Waals surface area contributed by atoms with E-state index in [-0.39, 0.29) is 5.92 Å². The van der Waals surface area contributed by atoms with Crippen LogP contribution in [-0.4, -0.2) is 14.7 Å². The Hall–Kier alpha value is -1.78. The average Bonchev–Trinajstić information content (AvgIpc) is 2.71. The van der Waals surface area contributed by atoms with Crippen molar-refractivity contribution in [2.45, 2.75) is 19.8 Å². The summed E-state index contributed by atoms with van der Waals surface area (Å²) >= 11 is 0. The molecular formula is C10H14N4O. The Balaban J connectivity index is 2.59. The van der Waals surface area contributed by atoms with Gasteiger partial charge >= 0.3 is 0 Å². The molecule has 2 heterocycles. The fourth-order valence-electron chi connectivity index (χ4n) is 1.62. The Kier molecular flexibility index (Phi) is 2.22. The number of anilines is 1. The minimum absolute atomic E-state index is 0.267. The molecule has 0 aromatic carbocycles. The van der Waals surface area contributed by atoms with Crippen molar-refractivity contribution in [3.8, 4) is 11.5 Å². The van der Waals surface area contributed by atoms with Gasteiger partial charge in [-0.2, -0.15) is 0 Å². The highest BCUT2D eigenvalue weighted by molar-refractivity contribution is 5.62. The zero-order chi connectivity index (χ0) is 11.0. The molecule has 0 aliphatic heterocycles. The summed E-state index contributed by atoms with van der Waals surface area (Å²) in [6.07, 6.45) is 3.59. The molecule has 5 heteroatoms. The molecule has 2 aromatic rings. The van der Waals surface area contributed by atoms with Crippen LogP contribution in [0.1, 0.15) is 25.3 Å². The Labute approximate surface area is 87.9 Å². The average molecular weight is 206 g/mol. The van der Waals surface area contributed by atoms with Crippen LogP contribution >= 0.6 is 0 Å². The summed E-state index contributed by atoms with van der Waals surface area (Å²) in [5, 5.41) is 3.96. The molecule has 0 spiro atoms. The van der Waals surface area contributed by atoms with Gasteiger partial charge in [0.2, 0.25) is 5.88 Å². The minimum atomic E-state index is 0.267. The van der Waals surface area contributed by atoms with Crippen LogP contribution in [0.15, 0.2) is 16.9 Å². The molecule has 15 heavy (non-hydrogen) atoms. The summed E-state index contributed by atoms with van der Waals surface area (Å²) < 4.78 is 6.90. The molecule has 0 saturated carbocycles. The van der Waals surface area contributed by atoms with Gasteiger partial charge < -0.3 is 14.8 Å². The van der Waals surface area contributed by atoms with E-state index < -0.39 is 0 Å². The Morgan fingerprint density at radius 2 is 2.20 bits per heavy atom. The quantitative estimate of drug-likeness (QED) is 0.813. The molecular weight excluding hydrogens is 192 g/mol. The molecule has 2 N–H and O–H groups in total. The Bertz CT molecular complexity index is 469. The third kappa shape index (κ3) is 1.49. The third-order valence-electron chi connectivity index (χ3n) is 2.37. The molecule has 80 valence electrons. The fraction of sp³-hybridized carbons (Fsp3) is 0.400. The van der Waals surface area contributed by atoms with Gasteiger partial charge in [0.25, 0.3) is 0 Å². The Morgan fingerprint density at radius 1 is 1.47 bits per heavy atom. The lowest BCUT2D eigenvalue weighted by atomic mass is 10.0. The number of nitrogens with zero attached hydrogens (tertiary/aromatic N) is 3. The molecule has 0 amide bonds. The first-order valence-electron chi connectivity index (χ1n) is 4.84. The monoisotopic (exact) mass is 206 g/mol. The van der Waals surface area contributed by atoms with Gasteiger partial charge in [-0.1, -0.05) is 19.0 Å².